The van der Waals surface area contributed by atoms with Crippen molar-refractivity contribution in [2.75, 3.05) is 39.5 Å². The zero-order valence-corrected chi connectivity index (χ0v) is 19.6. The number of likely N-dealkylation sites (tertiary alicyclic amines) is 1. The number of benzene rings is 2. The van der Waals surface area contributed by atoms with E-state index < -0.39 is 10.0 Å². The van der Waals surface area contributed by atoms with E-state index in [1.165, 1.54) is 18.4 Å². The van der Waals surface area contributed by atoms with E-state index >= 15 is 0 Å². The van der Waals surface area contributed by atoms with Gasteiger partial charge >= 0.3 is 0 Å². The van der Waals surface area contributed by atoms with Gasteiger partial charge in [0.15, 0.2) is 0 Å². The largest absolute Gasteiger partial charge is 0.337 e. The van der Waals surface area contributed by atoms with Gasteiger partial charge in [-0.1, -0.05) is 67.6 Å². The van der Waals surface area contributed by atoms with Gasteiger partial charge in [0.1, 0.15) is 0 Å². The highest BCUT2D eigenvalue weighted by Crippen LogP contribution is 2.23. The van der Waals surface area contributed by atoms with Crippen molar-refractivity contribution in [3.63, 3.8) is 0 Å². The van der Waals surface area contributed by atoms with Gasteiger partial charge in [-0.25, -0.2) is 13.1 Å². The smallest absolute Gasteiger partial charge is 0.227 e. The predicted molar refractivity (Wildman–Crippen MR) is 126 cm³/mol. The van der Waals surface area contributed by atoms with Gasteiger partial charge in [0, 0.05) is 20.1 Å². The second-order valence-electron chi connectivity index (χ2n) is 7.87. The molecule has 0 saturated carbocycles. The lowest BCUT2D eigenvalue weighted by molar-refractivity contribution is -0.131. The average Bonchev–Trinajstić information content (AvgIpc) is 3.26. The minimum absolute atomic E-state index is 0.112. The van der Waals surface area contributed by atoms with Gasteiger partial charge < -0.3 is 9.80 Å². The Kier molecular flexibility index (Phi) is 10.2. The quantitative estimate of drug-likeness (QED) is 0.678. The van der Waals surface area contributed by atoms with Crippen LogP contribution in [-0.2, 0) is 21.2 Å². The molecule has 1 aliphatic rings. The third-order valence-corrected chi connectivity index (χ3v) is 6.09. The van der Waals surface area contributed by atoms with Crippen LogP contribution in [0.15, 0.2) is 60.7 Å². The fraction of sp³-hybridized carbons (Fsp3) is 0.458. The van der Waals surface area contributed by atoms with E-state index in [0.717, 1.165) is 31.5 Å². The van der Waals surface area contributed by atoms with Crippen LogP contribution in [0.1, 0.15) is 36.9 Å². The number of likely N-dealkylation sites (N-methyl/N-ethyl adjacent to an activating group) is 1. The minimum Gasteiger partial charge on any atom is -0.337 e. The summed E-state index contributed by atoms with van der Waals surface area (Å²) in [6, 6.07) is 20.5. The number of amides is 1. The van der Waals surface area contributed by atoms with Gasteiger partial charge in [0.2, 0.25) is 15.9 Å². The second kappa shape index (κ2) is 12.6. The summed E-state index contributed by atoms with van der Waals surface area (Å²) in [5.41, 5.74) is 2.29. The van der Waals surface area contributed by atoms with E-state index in [4.69, 9.17) is 0 Å². The maximum Gasteiger partial charge on any atom is 0.227 e. The highest BCUT2D eigenvalue weighted by Gasteiger charge is 2.25. The number of hydrogen-bond donors (Lipinski definition) is 1. The van der Waals surface area contributed by atoms with Crippen molar-refractivity contribution in [2.24, 2.45) is 0 Å². The lowest BCUT2D eigenvalue weighted by atomic mass is 10.0. The van der Waals surface area contributed by atoms with E-state index in [1.54, 1.807) is 6.92 Å². The van der Waals surface area contributed by atoms with Crippen molar-refractivity contribution in [2.45, 2.75) is 32.2 Å². The average molecular weight is 446 g/mol. The van der Waals surface area contributed by atoms with Crippen molar-refractivity contribution in [1.82, 2.24) is 14.5 Å². The highest BCUT2D eigenvalue weighted by atomic mass is 32.2. The Bertz CT molecular complexity index is 883. The molecule has 1 aliphatic heterocycles. The lowest BCUT2D eigenvalue weighted by Gasteiger charge is -2.32. The van der Waals surface area contributed by atoms with Crippen LogP contribution < -0.4 is 4.72 Å². The standard InChI is InChI=1S/C21H26N2O.C3H9NO2S/c1-22(21(24)16-18-10-4-2-5-11-18)20(17-23-14-8-9-15-23)19-12-6-3-7-13-19;1-3-4-7(2,5)6/h2-7,10-13,20H,8-9,14-17H2,1H3;4H,3H2,1-2H3/t20-;/m1./s1. The van der Waals surface area contributed by atoms with Crippen molar-refractivity contribution >= 4 is 15.9 Å². The first kappa shape index (κ1) is 25.0. The molecular weight excluding hydrogens is 410 g/mol. The number of sulfonamides is 1. The number of carbonyl (C=O) groups excluding carboxylic acids is 1. The van der Waals surface area contributed by atoms with Crippen LogP contribution in [0, 0.1) is 0 Å². The summed E-state index contributed by atoms with van der Waals surface area (Å²) >= 11 is 0. The molecule has 0 spiro atoms. The summed E-state index contributed by atoms with van der Waals surface area (Å²) in [7, 11) is -0.981. The molecular formula is C24H35N3O3S. The molecule has 1 fully saturated rings. The van der Waals surface area contributed by atoms with Crippen molar-refractivity contribution in [3.8, 4) is 0 Å². The van der Waals surface area contributed by atoms with Crippen molar-refractivity contribution < 1.29 is 13.2 Å². The first-order chi connectivity index (χ1) is 14.8. The topological polar surface area (TPSA) is 69.7 Å². The molecule has 0 bridgehead atoms. The summed E-state index contributed by atoms with van der Waals surface area (Å²) in [6.45, 7) is 5.41. The van der Waals surface area contributed by atoms with Gasteiger partial charge in [-0.15, -0.1) is 0 Å². The molecule has 0 aliphatic carbocycles. The molecule has 1 amide bonds. The normalized spacial score (nSPS) is 15.1. The van der Waals surface area contributed by atoms with Crippen LogP contribution in [0.2, 0.25) is 0 Å². The Morgan fingerprint density at radius 3 is 2.06 bits per heavy atom. The number of nitrogens with zero attached hydrogens (tertiary/aromatic N) is 2. The molecule has 7 heteroatoms. The third-order valence-electron chi connectivity index (χ3n) is 5.28. The molecule has 0 radical (unpaired) electrons. The number of nitrogens with one attached hydrogen (secondary N) is 1. The van der Waals surface area contributed by atoms with Crippen molar-refractivity contribution in [3.05, 3.63) is 71.8 Å². The Morgan fingerprint density at radius 2 is 1.58 bits per heavy atom. The summed E-state index contributed by atoms with van der Waals surface area (Å²) in [6.07, 6.45) is 4.13. The van der Waals surface area contributed by atoms with Crippen LogP contribution >= 0.6 is 0 Å². The van der Waals surface area contributed by atoms with E-state index in [1.807, 2.05) is 48.3 Å². The summed E-state index contributed by atoms with van der Waals surface area (Å²) in [5.74, 6) is 0.175. The van der Waals surface area contributed by atoms with Crippen LogP contribution in [0.25, 0.3) is 0 Å². The van der Waals surface area contributed by atoms with Gasteiger partial charge in [-0.3, -0.25) is 4.79 Å². The van der Waals surface area contributed by atoms with Gasteiger partial charge in [-0.2, -0.15) is 0 Å². The highest BCUT2D eigenvalue weighted by molar-refractivity contribution is 7.88. The molecule has 2 aromatic rings. The van der Waals surface area contributed by atoms with E-state index in [0.29, 0.717) is 13.0 Å². The zero-order chi connectivity index (χ0) is 22.7. The van der Waals surface area contributed by atoms with Crippen LogP contribution in [0.3, 0.4) is 0 Å². The van der Waals surface area contributed by atoms with Crippen LogP contribution in [0.5, 0.6) is 0 Å². The van der Waals surface area contributed by atoms with Gasteiger partial charge in [-0.05, 0) is 37.1 Å². The van der Waals surface area contributed by atoms with Gasteiger partial charge in [0.25, 0.3) is 0 Å². The molecule has 170 valence electrons. The molecule has 0 unspecified atom stereocenters. The SMILES string of the molecule is CCNS(C)(=O)=O.CN(C(=O)Cc1ccccc1)[C@H](CN1CCCC1)c1ccccc1. The number of carbonyl (C=O) groups is 1. The van der Waals surface area contributed by atoms with E-state index in [2.05, 4.69) is 33.9 Å². The number of hydrogen-bond acceptors (Lipinski definition) is 4. The first-order valence-electron chi connectivity index (χ1n) is 10.8. The summed E-state index contributed by atoms with van der Waals surface area (Å²) < 4.78 is 22.5. The Morgan fingerprint density at radius 1 is 1.03 bits per heavy atom. The first-order valence-corrected chi connectivity index (χ1v) is 12.7. The molecule has 3 rings (SSSR count). The zero-order valence-electron chi connectivity index (χ0n) is 18.8. The van der Waals surface area contributed by atoms with Crippen LogP contribution in [-0.4, -0.2) is 63.6 Å². The molecule has 1 N–H and O–H groups in total. The predicted octanol–water partition coefficient (Wildman–Crippen LogP) is 3.08. The van der Waals surface area contributed by atoms with Crippen LogP contribution in [0.4, 0.5) is 0 Å². The number of rotatable bonds is 8. The summed E-state index contributed by atoms with van der Waals surface area (Å²) in [5, 5.41) is 0. The second-order valence-corrected chi connectivity index (χ2v) is 9.70. The molecule has 1 atom stereocenters. The van der Waals surface area contributed by atoms with Gasteiger partial charge in [0.05, 0.1) is 18.7 Å². The molecule has 31 heavy (non-hydrogen) atoms. The molecule has 1 saturated heterocycles. The minimum atomic E-state index is -2.92. The molecule has 2 aromatic carbocycles. The lowest BCUT2D eigenvalue weighted by Crippen LogP contribution is -2.39. The maximum absolute atomic E-state index is 12.8. The summed E-state index contributed by atoms with van der Waals surface area (Å²) in [4.78, 5) is 17.2. The van der Waals surface area contributed by atoms with E-state index in [-0.39, 0.29) is 11.9 Å². The Balaban J connectivity index is 0.000000423. The fourth-order valence-electron chi connectivity index (χ4n) is 3.67. The fourth-order valence-corrected chi connectivity index (χ4v) is 4.19. The molecule has 6 nitrogen and oxygen atoms in total. The Labute approximate surface area is 187 Å². The maximum atomic E-state index is 12.8. The van der Waals surface area contributed by atoms with E-state index in [9.17, 15) is 13.2 Å². The van der Waals surface area contributed by atoms with Crippen molar-refractivity contribution in [1.29, 1.82) is 0 Å². The Hall–Kier alpha value is -2.22. The third kappa shape index (κ3) is 9.21. The molecule has 1 heterocycles. The molecule has 0 aromatic heterocycles. The monoisotopic (exact) mass is 445 g/mol.